The number of rotatable bonds is 24. The molecular weight excluding hydrogens is 419 g/mol. The van der Waals surface area contributed by atoms with Crippen molar-refractivity contribution in [2.24, 2.45) is 0 Å². The van der Waals surface area contributed by atoms with Gasteiger partial charge < -0.3 is 18.8 Å². The van der Waals surface area contributed by atoms with Crippen molar-refractivity contribution in [1.82, 2.24) is 0 Å². The van der Waals surface area contributed by atoms with E-state index in [2.05, 4.69) is 11.1 Å². The fourth-order valence-corrected chi connectivity index (χ4v) is 3.23. The van der Waals surface area contributed by atoms with Gasteiger partial charge in [0.25, 0.3) is 0 Å². The van der Waals surface area contributed by atoms with E-state index in [9.17, 15) is 13.0 Å². The fraction of sp³-hybridized carbons (Fsp3) is 1.00. The van der Waals surface area contributed by atoms with Crippen molar-refractivity contribution in [2.45, 2.75) is 90.4 Å². The van der Waals surface area contributed by atoms with Crippen molar-refractivity contribution in [1.29, 1.82) is 0 Å². The minimum Gasteiger partial charge on any atom is -0.726 e. The average molecular weight is 463 g/mol. The summed E-state index contributed by atoms with van der Waals surface area (Å²) in [5.41, 5.74) is 0. The van der Waals surface area contributed by atoms with Crippen molar-refractivity contribution in [3.8, 4) is 0 Å². The van der Waals surface area contributed by atoms with E-state index in [1.54, 1.807) is 0 Å². The molecule has 0 aromatic carbocycles. The van der Waals surface area contributed by atoms with E-state index in [4.69, 9.17) is 14.2 Å². The van der Waals surface area contributed by atoms with Crippen LogP contribution in [0.25, 0.3) is 0 Å². The van der Waals surface area contributed by atoms with Crippen LogP contribution in [0.5, 0.6) is 0 Å². The van der Waals surface area contributed by atoms with Crippen LogP contribution >= 0.6 is 0 Å². The number of hydrogen-bond acceptors (Lipinski definition) is 7. The summed E-state index contributed by atoms with van der Waals surface area (Å²) in [6, 6.07) is 0. The van der Waals surface area contributed by atoms with Crippen LogP contribution in [-0.2, 0) is 28.8 Å². The number of ether oxygens (including phenoxy) is 3. The van der Waals surface area contributed by atoms with Crippen LogP contribution in [0.4, 0.5) is 0 Å². The molecule has 0 amide bonds. The van der Waals surface area contributed by atoms with Crippen molar-refractivity contribution < 1.29 is 60.9 Å². The molecule has 0 aromatic rings. The minimum absolute atomic E-state index is 0. The summed E-state index contributed by atoms with van der Waals surface area (Å²) in [6.45, 7) is 4.60. The fourth-order valence-electron chi connectivity index (χ4n) is 2.96. The summed E-state index contributed by atoms with van der Waals surface area (Å²) in [5.74, 6) is 0. The van der Waals surface area contributed by atoms with Crippen LogP contribution < -0.4 is 29.6 Å². The van der Waals surface area contributed by atoms with E-state index in [-0.39, 0.29) is 42.8 Å². The predicted molar refractivity (Wildman–Crippen MR) is 114 cm³/mol. The van der Waals surface area contributed by atoms with Crippen LogP contribution in [0.3, 0.4) is 0 Å². The van der Waals surface area contributed by atoms with Gasteiger partial charge in [-0.05, 0) is 6.42 Å². The number of hydrogen-bond donors (Lipinski definition) is 0. The molecule has 0 spiro atoms. The van der Waals surface area contributed by atoms with E-state index < -0.39 is 10.4 Å². The van der Waals surface area contributed by atoms with Crippen LogP contribution in [0.1, 0.15) is 90.4 Å². The summed E-state index contributed by atoms with van der Waals surface area (Å²) in [5, 5.41) is 0. The van der Waals surface area contributed by atoms with Gasteiger partial charge in [-0.25, -0.2) is 8.42 Å². The summed E-state index contributed by atoms with van der Waals surface area (Å²) in [7, 11) is -4.63. The van der Waals surface area contributed by atoms with Gasteiger partial charge in [-0.2, -0.15) is 0 Å². The van der Waals surface area contributed by atoms with E-state index in [0.29, 0.717) is 26.4 Å². The molecule has 0 heterocycles. The molecule has 0 saturated carbocycles. The summed E-state index contributed by atoms with van der Waals surface area (Å²) in [4.78, 5) is 0. The molecular formula is C21H43NaO7S. The smallest absolute Gasteiger partial charge is 0.726 e. The zero-order valence-corrected chi connectivity index (χ0v) is 22.2. The van der Waals surface area contributed by atoms with Crippen molar-refractivity contribution >= 4 is 10.4 Å². The molecule has 30 heavy (non-hydrogen) atoms. The minimum atomic E-state index is -4.63. The predicted octanol–water partition coefficient (Wildman–Crippen LogP) is 1.61. The van der Waals surface area contributed by atoms with Gasteiger partial charge in [0.15, 0.2) is 0 Å². The Kier molecular flexibility index (Phi) is 28.5. The van der Waals surface area contributed by atoms with Gasteiger partial charge in [0, 0.05) is 6.61 Å². The first-order valence-corrected chi connectivity index (χ1v) is 12.7. The molecule has 0 atom stereocenters. The Hall–Kier alpha value is 0.750. The molecule has 0 fully saturated rings. The standard InChI is InChI=1S/C21H44O7S.Na/c1-2-3-4-5-6-7-8-9-10-11-12-13-14-15-25-16-17-26-18-19-27-20-21-28-29(22,23)24;/h2-21H2,1H3,(H,22,23,24);/q;+1/p-1. The van der Waals surface area contributed by atoms with E-state index in [0.717, 1.165) is 13.0 Å². The van der Waals surface area contributed by atoms with Gasteiger partial charge in [0.05, 0.1) is 39.6 Å². The molecule has 0 rings (SSSR count). The van der Waals surface area contributed by atoms with Crippen molar-refractivity contribution in [2.75, 3.05) is 46.2 Å². The largest absolute Gasteiger partial charge is 1.00 e. The third-order valence-electron chi connectivity index (χ3n) is 4.59. The van der Waals surface area contributed by atoms with Crippen LogP contribution in [-0.4, -0.2) is 59.2 Å². The first-order chi connectivity index (χ1) is 14.1. The molecule has 9 heteroatoms. The Labute approximate surface area is 207 Å². The Bertz CT molecular complexity index is 422. The third kappa shape index (κ3) is 30.9. The normalized spacial score (nSPS) is 11.5. The first-order valence-electron chi connectivity index (χ1n) is 11.4. The maximum atomic E-state index is 10.2. The maximum absolute atomic E-state index is 10.2. The quantitative estimate of drug-likeness (QED) is 0.0931. The van der Waals surface area contributed by atoms with Gasteiger partial charge in [-0.15, -0.1) is 0 Å². The molecule has 176 valence electrons. The van der Waals surface area contributed by atoms with Crippen LogP contribution in [0.2, 0.25) is 0 Å². The molecule has 0 unspecified atom stereocenters. The van der Waals surface area contributed by atoms with Crippen LogP contribution in [0, 0.1) is 0 Å². The van der Waals surface area contributed by atoms with E-state index in [1.165, 1.54) is 77.0 Å². The molecule has 0 N–H and O–H groups in total. The molecule has 0 aliphatic heterocycles. The first kappa shape index (κ1) is 32.9. The Balaban J connectivity index is 0. The SMILES string of the molecule is CCCCCCCCCCCCCCCOCCOCCOCCOS(=O)(=O)[O-].[Na+]. The average Bonchev–Trinajstić information content (AvgIpc) is 2.67. The molecule has 7 nitrogen and oxygen atoms in total. The summed E-state index contributed by atoms with van der Waals surface area (Å²) in [6.07, 6.45) is 17.5. The van der Waals surface area contributed by atoms with Gasteiger partial charge >= 0.3 is 29.6 Å². The summed E-state index contributed by atoms with van der Waals surface area (Å²) < 4.78 is 50.5. The molecule has 0 aliphatic carbocycles. The monoisotopic (exact) mass is 462 g/mol. The Morgan fingerprint density at radius 1 is 0.533 bits per heavy atom. The second-order valence-electron chi connectivity index (χ2n) is 7.31. The summed E-state index contributed by atoms with van der Waals surface area (Å²) >= 11 is 0. The molecule has 0 saturated heterocycles. The zero-order valence-electron chi connectivity index (χ0n) is 19.4. The van der Waals surface area contributed by atoms with Gasteiger partial charge in [0.1, 0.15) is 0 Å². The second-order valence-corrected chi connectivity index (χ2v) is 8.36. The van der Waals surface area contributed by atoms with Crippen molar-refractivity contribution in [3.05, 3.63) is 0 Å². The van der Waals surface area contributed by atoms with Crippen LogP contribution in [0.15, 0.2) is 0 Å². The molecule has 0 aromatic heterocycles. The zero-order chi connectivity index (χ0) is 21.5. The second kappa shape index (κ2) is 26.0. The Morgan fingerprint density at radius 3 is 1.27 bits per heavy atom. The Morgan fingerprint density at radius 2 is 0.867 bits per heavy atom. The maximum Gasteiger partial charge on any atom is 1.00 e. The van der Waals surface area contributed by atoms with Gasteiger partial charge in [0.2, 0.25) is 10.4 Å². The van der Waals surface area contributed by atoms with E-state index >= 15 is 0 Å². The molecule has 0 bridgehead atoms. The molecule has 0 aliphatic rings. The molecule has 0 radical (unpaired) electrons. The number of unbranched alkanes of at least 4 members (excludes halogenated alkanes) is 12. The topological polar surface area (TPSA) is 94.1 Å². The van der Waals surface area contributed by atoms with Gasteiger partial charge in [-0.1, -0.05) is 84.0 Å². The third-order valence-corrected chi connectivity index (χ3v) is 5.05. The van der Waals surface area contributed by atoms with Crippen molar-refractivity contribution in [3.63, 3.8) is 0 Å². The van der Waals surface area contributed by atoms with E-state index in [1.807, 2.05) is 0 Å². The van der Waals surface area contributed by atoms with Gasteiger partial charge in [-0.3, -0.25) is 4.18 Å².